The zero-order chi connectivity index (χ0) is 18.0. The van der Waals surface area contributed by atoms with E-state index in [1.165, 1.54) is 0 Å². The lowest BCUT2D eigenvalue weighted by Crippen LogP contribution is -2.49. The molecule has 0 radical (unpaired) electrons. The lowest BCUT2D eigenvalue weighted by atomic mass is 10.1. The van der Waals surface area contributed by atoms with E-state index in [0.717, 1.165) is 0 Å². The fraction of sp³-hybridized carbons (Fsp3) is 1.00. The Labute approximate surface area is 147 Å². The Balaban J connectivity index is 1.88. The first-order chi connectivity index (χ1) is 12.2. The van der Waals surface area contributed by atoms with E-state index in [2.05, 4.69) is 5.18 Å². The van der Waals surface area contributed by atoms with Crippen LogP contribution in [0.1, 0.15) is 6.92 Å². The van der Waals surface area contributed by atoms with Gasteiger partial charge in [0, 0.05) is 13.2 Å². The van der Waals surface area contributed by atoms with Crippen molar-refractivity contribution in [1.82, 2.24) is 0 Å². The Morgan fingerprint density at radius 3 is 2.56 bits per heavy atom. The molecule has 0 bridgehead atoms. The van der Waals surface area contributed by atoms with Crippen LogP contribution in [0.25, 0.3) is 0 Å². The Bertz CT molecular complexity index is 363. The zero-order valence-electron chi connectivity index (χ0n) is 14.6. The first-order valence-corrected chi connectivity index (χ1v) is 8.46. The highest BCUT2D eigenvalue weighted by Gasteiger charge is 2.38. The molecule has 10 nitrogen and oxygen atoms in total. The van der Waals surface area contributed by atoms with Gasteiger partial charge in [0.15, 0.2) is 6.29 Å². The van der Waals surface area contributed by atoms with Crippen molar-refractivity contribution in [2.45, 2.75) is 31.0 Å². The molecular weight excluding hydrogens is 336 g/mol. The van der Waals surface area contributed by atoms with Gasteiger partial charge in [-0.2, -0.15) is 4.91 Å². The average Bonchev–Trinajstić information content (AvgIpc) is 3.53. The van der Waals surface area contributed by atoms with E-state index < -0.39 is 11.6 Å². The van der Waals surface area contributed by atoms with Gasteiger partial charge in [-0.3, -0.25) is 0 Å². The van der Waals surface area contributed by atoms with Crippen molar-refractivity contribution in [3.8, 4) is 0 Å². The molecule has 4 unspecified atom stereocenters. The SMILES string of the molecule is CCOCOCC(COCC(CN)N=O)(COC1CO1)OCC1CO1. The van der Waals surface area contributed by atoms with E-state index in [0.29, 0.717) is 26.4 Å². The molecule has 2 aliphatic heterocycles. The number of epoxide rings is 2. The van der Waals surface area contributed by atoms with Crippen LogP contribution in [0.2, 0.25) is 0 Å². The molecule has 2 N–H and O–H groups in total. The molecule has 2 rings (SSSR count). The first-order valence-electron chi connectivity index (χ1n) is 8.46. The van der Waals surface area contributed by atoms with Gasteiger partial charge < -0.3 is 38.9 Å². The number of hydrogen-bond acceptors (Lipinski definition) is 10. The predicted molar refractivity (Wildman–Crippen MR) is 86.0 cm³/mol. The molecule has 0 aliphatic carbocycles. The van der Waals surface area contributed by atoms with Crippen LogP contribution in [0.4, 0.5) is 0 Å². The van der Waals surface area contributed by atoms with Crippen molar-refractivity contribution in [2.24, 2.45) is 10.9 Å². The molecule has 2 saturated heterocycles. The summed E-state index contributed by atoms with van der Waals surface area (Å²) in [5.41, 5.74) is 4.59. The number of nitrogens with zero attached hydrogens (tertiary/aromatic N) is 1. The van der Waals surface area contributed by atoms with Gasteiger partial charge in [0.1, 0.15) is 31.1 Å². The van der Waals surface area contributed by atoms with Crippen LogP contribution >= 0.6 is 0 Å². The minimum absolute atomic E-state index is 0.0804. The Morgan fingerprint density at radius 1 is 1.20 bits per heavy atom. The Hall–Kier alpha value is -0.720. The monoisotopic (exact) mass is 364 g/mol. The van der Waals surface area contributed by atoms with Gasteiger partial charge in [-0.1, -0.05) is 5.18 Å². The molecule has 10 heteroatoms. The smallest absolute Gasteiger partial charge is 0.181 e. The van der Waals surface area contributed by atoms with Crippen LogP contribution in [0.5, 0.6) is 0 Å². The number of hydrogen-bond donors (Lipinski definition) is 1. The molecule has 0 spiro atoms. The molecule has 0 aromatic heterocycles. The number of rotatable bonds is 17. The Morgan fingerprint density at radius 2 is 1.96 bits per heavy atom. The third-order valence-corrected chi connectivity index (χ3v) is 3.65. The van der Waals surface area contributed by atoms with Gasteiger partial charge in [-0.05, 0) is 6.92 Å². The first kappa shape index (κ1) is 20.6. The summed E-state index contributed by atoms with van der Waals surface area (Å²) < 4.78 is 38.3. The number of nitroso groups, excluding NO2 is 1. The van der Waals surface area contributed by atoms with Gasteiger partial charge in [0.25, 0.3) is 0 Å². The van der Waals surface area contributed by atoms with Crippen LogP contribution in [0, 0.1) is 4.91 Å². The van der Waals surface area contributed by atoms with Crippen LogP contribution in [0.15, 0.2) is 5.18 Å². The zero-order valence-corrected chi connectivity index (χ0v) is 14.6. The highest BCUT2D eigenvalue weighted by atomic mass is 16.8. The van der Waals surface area contributed by atoms with E-state index in [1.807, 2.05) is 6.92 Å². The maximum Gasteiger partial charge on any atom is 0.181 e. The van der Waals surface area contributed by atoms with Gasteiger partial charge in [0.2, 0.25) is 0 Å². The standard InChI is InChI=1S/C15H28N2O8/c1-2-19-11-21-9-15(10-24-14-7-23-14,25-6-13-5-22-13)8-20-4-12(3-16)17-18/h12-14H,2-11,16H2,1H3. The molecule has 0 saturated carbocycles. The molecule has 25 heavy (non-hydrogen) atoms. The third kappa shape index (κ3) is 8.47. The van der Waals surface area contributed by atoms with E-state index >= 15 is 0 Å². The molecule has 2 fully saturated rings. The predicted octanol–water partition coefficient (Wildman–Crippen LogP) is -0.366. The van der Waals surface area contributed by atoms with Crippen LogP contribution < -0.4 is 5.73 Å². The summed E-state index contributed by atoms with van der Waals surface area (Å²) in [7, 11) is 0. The normalized spacial score (nSPS) is 25.4. The largest absolute Gasteiger partial charge is 0.376 e. The fourth-order valence-corrected chi connectivity index (χ4v) is 1.96. The fourth-order valence-electron chi connectivity index (χ4n) is 1.96. The maximum atomic E-state index is 10.6. The van der Waals surface area contributed by atoms with E-state index in [4.69, 9.17) is 38.9 Å². The van der Waals surface area contributed by atoms with Crippen molar-refractivity contribution < 1.29 is 33.2 Å². The van der Waals surface area contributed by atoms with Gasteiger partial charge in [-0.15, -0.1) is 0 Å². The summed E-state index contributed by atoms with van der Waals surface area (Å²) in [5, 5.41) is 2.92. The summed E-state index contributed by atoms with van der Waals surface area (Å²) >= 11 is 0. The summed E-state index contributed by atoms with van der Waals surface area (Å²) in [5.74, 6) is 0. The number of nitrogens with two attached hydrogens (primary N) is 1. The molecule has 146 valence electrons. The summed E-state index contributed by atoms with van der Waals surface area (Å²) in [6, 6.07) is -0.596. The van der Waals surface area contributed by atoms with Crippen LogP contribution in [-0.4, -0.2) is 90.2 Å². The second-order valence-corrected chi connectivity index (χ2v) is 5.99. The maximum absolute atomic E-state index is 10.6. The van der Waals surface area contributed by atoms with E-state index in [1.54, 1.807) is 0 Å². The molecule has 0 amide bonds. The average molecular weight is 364 g/mol. The molecular formula is C15H28N2O8. The minimum atomic E-state index is -0.864. The molecule has 2 aliphatic rings. The molecule has 4 atom stereocenters. The summed E-state index contributed by atoms with van der Waals surface area (Å²) in [6.07, 6.45) is -0.141. The lowest BCUT2D eigenvalue weighted by Gasteiger charge is -2.33. The molecule has 0 aromatic carbocycles. The summed E-state index contributed by atoms with van der Waals surface area (Å²) in [6.45, 7) is 5.03. The molecule has 2 heterocycles. The van der Waals surface area contributed by atoms with Crippen molar-refractivity contribution in [3.63, 3.8) is 0 Å². The van der Waals surface area contributed by atoms with Gasteiger partial charge in [-0.25, -0.2) is 0 Å². The number of ether oxygens (including phenoxy) is 7. The Kier molecular flexibility index (Phi) is 9.13. The van der Waals surface area contributed by atoms with Crippen LogP contribution in [-0.2, 0) is 33.2 Å². The third-order valence-electron chi connectivity index (χ3n) is 3.65. The van der Waals surface area contributed by atoms with Crippen LogP contribution in [0.3, 0.4) is 0 Å². The van der Waals surface area contributed by atoms with Crippen molar-refractivity contribution in [2.75, 3.05) is 66.2 Å². The highest BCUT2D eigenvalue weighted by molar-refractivity contribution is 4.84. The summed E-state index contributed by atoms with van der Waals surface area (Å²) in [4.78, 5) is 10.6. The van der Waals surface area contributed by atoms with Gasteiger partial charge >= 0.3 is 0 Å². The van der Waals surface area contributed by atoms with E-state index in [9.17, 15) is 4.91 Å². The van der Waals surface area contributed by atoms with E-state index in [-0.39, 0.29) is 52.2 Å². The van der Waals surface area contributed by atoms with Crippen molar-refractivity contribution in [3.05, 3.63) is 4.91 Å². The quantitative estimate of drug-likeness (QED) is 0.159. The second-order valence-electron chi connectivity index (χ2n) is 5.99. The lowest BCUT2D eigenvalue weighted by molar-refractivity contribution is -0.191. The highest BCUT2D eigenvalue weighted by Crippen LogP contribution is 2.22. The van der Waals surface area contributed by atoms with Crippen molar-refractivity contribution in [1.29, 1.82) is 0 Å². The van der Waals surface area contributed by atoms with Crippen molar-refractivity contribution >= 4 is 0 Å². The van der Waals surface area contributed by atoms with Gasteiger partial charge in [0.05, 0.1) is 39.6 Å². The second kappa shape index (κ2) is 11.1. The molecule has 0 aromatic rings. The minimum Gasteiger partial charge on any atom is -0.376 e. The topological polar surface area (TPSA) is 127 Å².